The summed E-state index contributed by atoms with van der Waals surface area (Å²) in [6.45, 7) is 2.01. The van der Waals surface area contributed by atoms with E-state index in [0.29, 0.717) is 45.3 Å². The Morgan fingerprint density at radius 1 is 1.02 bits per heavy atom. The molecule has 10 heteroatoms. The van der Waals surface area contributed by atoms with Gasteiger partial charge in [-0.3, -0.25) is 24.2 Å². The Balaban J connectivity index is 1.60. The number of pyridine rings is 1. The smallest absolute Gasteiger partial charge is 0.311 e. The van der Waals surface area contributed by atoms with Crippen LogP contribution in [0.4, 0.5) is 0 Å². The number of hydrogen-bond acceptors (Lipinski definition) is 6. The fourth-order valence-electron chi connectivity index (χ4n) is 5.61. The van der Waals surface area contributed by atoms with Crippen LogP contribution < -0.4 is 5.48 Å². The Morgan fingerprint density at radius 3 is 2.56 bits per heavy atom. The van der Waals surface area contributed by atoms with E-state index in [0.717, 1.165) is 0 Å². The Kier molecular flexibility index (Phi) is 9.03. The third-order valence-corrected chi connectivity index (χ3v) is 7.97. The van der Waals surface area contributed by atoms with Gasteiger partial charge in [-0.1, -0.05) is 65.7 Å². The number of amides is 2. The molecule has 0 spiro atoms. The molecule has 0 bridgehead atoms. The summed E-state index contributed by atoms with van der Waals surface area (Å²) in [5, 5.41) is 0.712. The van der Waals surface area contributed by atoms with Crippen molar-refractivity contribution in [2.24, 2.45) is 5.92 Å². The van der Waals surface area contributed by atoms with Crippen molar-refractivity contribution in [3.05, 3.63) is 111 Å². The van der Waals surface area contributed by atoms with Crippen LogP contribution in [0.2, 0.25) is 10.0 Å². The first-order chi connectivity index (χ1) is 19.9. The number of ether oxygens (including phenoxy) is 1. The minimum Gasteiger partial charge on any atom is -0.466 e. The maximum Gasteiger partial charge on any atom is 0.311 e. The summed E-state index contributed by atoms with van der Waals surface area (Å²) in [5.74, 6) is -2.70. The Hall–Kier alpha value is -3.72. The second-order valence-electron chi connectivity index (χ2n) is 9.83. The number of nitrogens with zero attached hydrogens (tertiary/aromatic N) is 2. The Bertz CT molecular complexity index is 1470. The summed E-state index contributed by atoms with van der Waals surface area (Å²) in [4.78, 5) is 52.8. The zero-order chi connectivity index (χ0) is 28.9. The number of hydrogen-bond donors (Lipinski definition) is 1. The van der Waals surface area contributed by atoms with E-state index in [1.54, 1.807) is 72.6 Å². The average molecular weight is 594 g/mol. The van der Waals surface area contributed by atoms with Gasteiger partial charge in [0.15, 0.2) is 0 Å². The highest BCUT2D eigenvalue weighted by Crippen LogP contribution is 2.48. The summed E-state index contributed by atoms with van der Waals surface area (Å²) >= 11 is 13.0. The van der Waals surface area contributed by atoms with Gasteiger partial charge in [0.05, 0.1) is 30.2 Å². The number of hydroxylamine groups is 1. The minimum atomic E-state index is -0.917. The standard InChI is InChI=1S/C31H29Cl2N3O5/c1-2-40-31(39)24-12-5-6-13-26(24)36-28(23-15-14-19(32)17-25(23)33)27(21-10-3-4-11-22(21)30(36)38)29(37)35-41-18-20-9-7-8-16-34-20/h3-11,14-17,24,26-28H,2,12-13,18H2,1H3,(H,35,37). The molecule has 0 fully saturated rings. The number of halogens is 2. The van der Waals surface area contributed by atoms with Crippen molar-refractivity contribution in [1.29, 1.82) is 0 Å². The van der Waals surface area contributed by atoms with Gasteiger partial charge < -0.3 is 9.64 Å². The van der Waals surface area contributed by atoms with Crippen molar-refractivity contribution in [2.45, 2.75) is 44.4 Å². The van der Waals surface area contributed by atoms with E-state index >= 15 is 0 Å². The van der Waals surface area contributed by atoms with Gasteiger partial charge in [-0.05, 0) is 61.2 Å². The number of benzene rings is 2. The minimum absolute atomic E-state index is 0.0499. The lowest BCUT2D eigenvalue weighted by Gasteiger charge is -2.47. The maximum absolute atomic E-state index is 14.3. The third kappa shape index (κ3) is 6.00. The highest BCUT2D eigenvalue weighted by Gasteiger charge is 2.50. The first-order valence-corrected chi connectivity index (χ1v) is 14.2. The molecule has 1 aliphatic heterocycles. The van der Waals surface area contributed by atoms with E-state index in [1.165, 1.54) is 0 Å². The molecule has 0 saturated heterocycles. The Morgan fingerprint density at radius 2 is 1.80 bits per heavy atom. The molecule has 1 aromatic heterocycles. The van der Waals surface area contributed by atoms with E-state index in [1.807, 2.05) is 18.2 Å². The van der Waals surface area contributed by atoms with Gasteiger partial charge in [-0.25, -0.2) is 5.48 Å². The highest BCUT2D eigenvalue weighted by atomic mass is 35.5. The molecular formula is C31H29Cl2N3O5. The lowest BCUT2D eigenvalue weighted by molar-refractivity contribution is -0.150. The summed E-state index contributed by atoms with van der Waals surface area (Å²) in [7, 11) is 0. The number of esters is 1. The van der Waals surface area contributed by atoms with Crippen molar-refractivity contribution >= 4 is 41.0 Å². The molecule has 0 radical (unpaired) electrons. The number of allylic oxidation sites excluding steroid dienone is 1. The van der Waals surface area contributed by atoms with E-state index in [4.69, 9.17) is 32.8 Å². The SMILES string of the molecule is CCOC(=O)C1CC=CCC1N1C(=O)c2ccccc2C(C(=O)NOCc2ccccn2)C1c1ccc(Cl)cc1Cl. The topological polar surface area (TPSA) is 97.8 Å². The molecule has 0 saturated carbocycles. The van der Waals surface area contributed by atoms with Gasteiger partial charge in [0.25, 0.3) is 11.8 Å². The number of rotatable bonds is 8. The van der Waals surface area contributed by atoms with Crippen molar-refractivity contribution < 1.29 is 24.0 Å². The lowest BCUT2D eigenvalue weighted by atomic mass is 9.76. The lowest BCUT2D eigenvalue weighted by Crippen LogP contribution is -2.55. The second kappa shape index (κ2) is 12.9. The molecule has 1 aliphatic carbocycles. The van der Waals surface area contributed by atoms with E-state index in [-0.39, 0.29) is 19.1 Å². The van der Waals surface area contributed by atoms with Gasteiger partial charge in [0.1, 0.15) is 6.61 Å². The first-order valence-electron chi connectivity index (χ1n) is 13.4. The third-order valence-electron chi connectivity index (χ3n) is 7.40. The fourth-order valence-corrected chi connectivity index (χ4v) is 6.13. The number of fused-ring (bicyclic) bond motifs is 1. The molecule has 2 amide bonds. The molecule has 2 aliphatic rings. The van der Waals surface area contributed by atoms with Gasteiger partial charge >= 0.3 is 5.97 Å². The number of carbonyl (C=O) groups excluding carboxylic acids is 3. The molecule has 3 aromatic rings. The van der Waals surface area contributed by atoms with Crippen LogP contribution in [-0.4, -0.2) is 40.3 Å². The number of aromatic nitrogens is 1. The molecule has 41 heavy (non-hydrogen) atoms. The van der Waals surface area contributed by atoms with Gasteiger partial charge in [0, 0.05) is 27.8 Å². The van der Waals surface area contributed by atoms with Crippen LogP contribution in [0.25, 0.3) is 0 Å². The summed E-state index contributed by atoms with van der Waals surface area (Å²) < 4.78 is 5.40. The van der Waals surface area contributed by atoms with Crippen LogP contribution >= 0.6 is 23.2 Å². The molecule has 2 aromatic carbocycles. The van der Waals surface area contributed by atoms with Crippen molar-refractivity contribution in [3.63, 3.8) is 0 Å². The van der Waals surface area contributed by atoms with Gasteiger partial charge in [-0.2, -0.15) is 0 Å². The summed E-state index contributed by atoms with van der Waals surface area (Å²) in [6.07, 6.45) is 6.31. The quantitative estimate of drug-likeness (QED) is 0.201. The van der Waals surface area contributed by atoms with Crippen molar-refractivity contribution in [3.8, 4) is 0 Å². The summed E-state index contributed by atoms with van der Waals surface area (Å²) in [5.41, 5.74) is 4.64. The van der Waals surface area contributed by atoms with Crippen LogP contribution in [0.5, 0.6) is 0 Å². The summed E-state index contributed by atoms with van der Waals surface area (Å²) in [6, 6.07) is 15.9. The second-order valence-corrected chi connectivity index (χ2v) is 10.7. The van der Waals surface area contributed by atoms with Crippen LogP contribution in [0, 0.1) is 5.92 Å². The predicted octanol–water partition coefficient (Wildman–Crippen LogP) is 5.82. The van der Waals surface area contributed by atoms with Crippen LogP contribution in [0.15, 0.2) is 79.0 Å². The fraction of sp³-hybridized carbons (Fsp3) is 0.290. The monoisotopic (exact) mass is 593 g/mol. The van der Waals surface area contributed by atoms with Crippen LogP contribution in [-0.2, 0) is 25.8 Å². The zero-order valence-corrected chi connectivity index (χ0v) is 23.8. The zero-order valence-electron chi connectivity index (χ0n) is 22.3. The van der Waals surface area contributed by atoms with Crippen LogP contribution in [0.1, 0.15) is 58.9 Å². The van der Waals surface area contributed by atoms with E-state index in [9.17, 15) is 14.4 Å². The largest absolute Gasteiger partial charge is 0.466 e. The van der Waals surface area contributed by atoms with Gasteiger partial charge in [-0.15, -0.1) is 0 Å². The Labute approximate surface area is 248 Å². The molecular weight excluding hydrogens is 565 g/mol. The van der Waals surface area contributed by atoms with E-state index < -0.39 is 35.8 Å². The maximum atomic E-state index is 14.3. The van der Waals surface area contributed by atoms with Crippen molar-refractivity contribution in [1.82, 2.24) is 15.4 Å². The van der Waals surface area contributed by atoms with E-state index in [2.05, 4.69) is 10.5 Å². The highest BCUT2D eigenvalue weighted by molar-refractivity contribution is 6.35. The molecule has 5 rings (SSSR count). The molecule has 2 heterocycles. The average Bonchev–Trinajstić information content (AvgIpc) is 2.98. The number of carbonyl (C=O) groups is 3. The molecule has 1 N–H and O–H groups in total. The molecule has 212 valence electrons. The molecule has 4 atom stereocenters. The van der Waals surface area contributed by atoms with Crippen molar-refractivity contribution in [2.75, 3.05) is 6.61 Å². The first kappa shape index (κ1) is 28.8. The molecule has 4 unspecified atom stereocenters. The predicted molar refractivity (Wildman–Crippen MR) is 154 cm³/mol. The normalized spacial score (nSPS) is 21.7. The number of nitrogens with one attached hydrogen (secondary N) is 1. The van der Waals surface area contributed by atoms with Crippen LogP contribution in [0.3, 0.4) is 0 Å². The van der Waals surface area contributed by atoms with Gasteiger partial charge in [0.2, 0.25) is 0 Å². The molecule has 8 nitrogen and oxygen atoms in total.